The smallest absolute Gasteiger partial charge is 0.230 e. The molecule has 146 valence electrons. The largest absolute Gasteiger partial charge is 0.497 e. The molecule has 0 radical (unpaired) electrons. The lowest BCUT2D eigenvalue weighted by molar-refractivity contribution is -0.119. The van der Waals surface area contributed by atoms with Crippen molar-refractivity contribution in [1.82, 2.24) is 25.5 Å². The number of ether oxygens (including phenoxy) is 1. The molecule has 28 heavy (non-hydrogen) atoms. The molecule has 7 nitrogen and oxygen atoms in total. The predicted octanol–water partition coefficient (Wildman–Crippen LogP) is 3.26. The molecule has 0 saturated carbocycles. The van der Waals surface area contributed by atoms with E-state index in [1.165, 1.54) is 22.9 Å². The van der Waals surface area contributed by atoms with Gasteiger partial charge in [0.2, 0.25) is 11.1 Å². The number of methoxy groups -OCH3 is 1. The van der Waals surface area contributed by atoms with Crippen molar-refractivity contribution in [2.24, 2.45) is 0 Å². The van der Waals surface area contributed by atoms with Crippen molar-refractivity contribution in [2.45, 2.75) is 32.0 Å². The van der Waals surface area contributed by atoms with Crippen LogP contribution in [0.5, 0.6) is 5.75 Å². The molecule has 0 aliphatic rings. The maximum Gasteiger partial charge on any atom is 0.230 e. The highest BCUT2D eigenvalue weighted by molar-refractivity contribution is 7.99. The standard InChI is InChI=1S/C20H23N5O2S/c1-13-5-6-16(11-14(13)2)15(3)21-19(26)12-28-20-22-23-24-25(20)17-7-9-18(27-4)10-8-17/h5-11,15H,12H2,1-4H3,(H,21,26)/t15-/m1/s1. The molecule has 0 aliphatic carbocycles. The van der Waals surface area contributed by atoms with E-state index in [4.69, 9.17) is 4.74 Å². The molecule has 0 unspecified atom stereocenters. The lowest BCUT2D eigenvalue weighted by atomic mass is 10.0. The summed E-state index contributed by atoms with van der Waals surface area (Å²) in [5.41, 5.74) is 4.34. The number of amides is 1. The van der Waals surface area contributed by atoms with Crippen molar-refractivity contribution in [3.05, 3.63) is 59.2 Å². The van der Waals surface area contributed by atoms with E-state index in [-0.39, 0.29) is 17.7 Å². The van der Waals surface area contributed by atoms with Crippen LogP contribution in [0.4, 0.5) is 0 Å². The van der Waals surface area contributed by atoms with Crippen LogP contribution >= 0.6 is 11.8 Å². The van der Waals surface area contributed by atoms with Crippen molar-refractivity contribution >= 4 is 17.7 Å². The van der Waals surface area contributed by atoms with Gasteiger partial charge in [-0.1, -0.05) is 30.0 Å². The van der Waals surface area contributed by atoms with Crippen molar-refractivity contribution < 1.29 is 9.53 Å². The molecule has 1 amide bonds. The van der Waals surface area contributed by atoms with Gasteiger partial charge < -0.3 is 10.1 Å². The van der Waals surface area contributed by atoms with Crippen LogP contribution in [0.2, 0.25) is 0 Å². The maximum atomic E-state index is 12.4. The number of hydrogen-bond acceptors (Lipinski definition) is 6. The minimum absolute atomic E-state index is 0.0648. The normalized spacial score (nSPS) is 11.9. The summed E-state index contributed by atoms with van der Waals surface area (Å²) < 4.78 is 6.77. The van der Waals surface area contributed by atoms with Crippen molar-refractivity contribution in [3.63, 3.8) is 0 Å². The summed E-state index contributed by atoms with van der Waals surface area (Å²) in [6.07, 6.45) is 0. The SMILES string of the molecule is COc1ccc(-n2nnnc2SCC(=O)N[C@H](C)c2ccc(C)c(C)c2)cc1. The van der Waals surface area contributed by atoms with Crippen LogP contribution in [-0.2, 0) is 4.79 Å². The molecular weight excluding hydrogens is 374 g/mol. The van der Waals surface area contributed by atoms with E-state index in [1.54, 1.807) is 11.8 Å². The molecule has 2 aromatic carbocycles. The van der Waals surface area contributed by atoms with Crippen molar-refractivity contribution in [2.75, 3.05) is 12.9 Å². The maximum absolute atomic E-state index is 12.4. The van der Waals surface area contributed by atoms with Crippen LogP contribution in [0, 0.1) is 13.8 Å². The zero-order chi connectivity index (χ0) is 20.1. The Hall–Kier alpha value is -2.87. The number of hydrogen-bond donors (Lipinski definition) is 1. The third-order valence-electron chi connectivity index (χ3n) is 4.50. The number of thioether (sulfide) groups is 1. The number of rotatable bonds is 7. The molecule has 0 aliphatic heterocycles. The fourth-order valence-corrected chi connectivity index (χ4v) is 3.39. The third kappa shape index (κ3) is 4.69. The van der Waals surface area contributed by atoms with E-state index in [0.717, 1.165) is 17.0 Å². The molecule has 0 saturated heterocycles. The number of aryl methyl sites for hydroxylation is 2. The fourth-order valence-electron chi connectivity index (χ4n) is 2.68. The Morgan fingerprint density at radius 1 is 1.18 bits per heavy atom. The number of nitrogens with one attached hydrogen (secondary N) is 1. The van der Waals surface area contributed by atoms with Crippen LogP contribution in [0.15, 0.2) is 47.6 Å². The number of benzene rings is 2. The Kier molecular flexibility index (Phi) is 6.30. The highest BCUT2D eigenvalue weighted by Gasteiger charge is 2.14. The summed E-state index contributed by atoms with van der Waals surface area (Å²) in [5, 5.41) is 15.3. The van der Waals surface area contributed by atoms with Crippen LogP contribution in [-0.4, -0.2) is 39.0 Å². The van der Waals surface area contributed by atoms with Crippen LogP contribution < -0.4 is 10.1 Å². The van der Waals surface area contributed by atoms with Crippen LogP contribution in [0.3, 0.4) is 0 Å². The van der Waals surface area contributed by atoms with Gasteiger partial charge in [0, 0.05) is 0 Å². The Bertz CT molecular complexity index is 955. The van der Waals surface area contributed by atoms with Gasteiger partial charge in [-0.15, -0.1) is 5.10 Å². The van der Waals surface area contributed by atoms with Crippen LogP contribution in [0.1, 0.15) is 29.7 Å². The fraction of sp³-hybridized carbons (Fsp3) is 0.300. The van der Waals surface area contributed by atoms with Gasteiger partial charge in [0.15, 0.2) is 0 Å². The first-order chi connectivity index (χ1) is 13.5. The molecular formula is C20H23N5O2S. The first-order valence-electron chi connectivity index (χ1n) is 8.90. The Morgan fingerprint density at radius 3 is 2.61 bits per heavy atom. The molecule has 8 heteroatoms. The average Bonchev–Trinajstić information content (AvgIpc) is 3.17. The lowest BCUT2D eigenvalue weighted by Gasteiger charge is -2.15. The monoisotopic (exact) mass is 397 g/mol. The minimum Gasteiger partial charge on any atom is -0.497 e. The van der Waals surface area contributed by atoms with Gasteiger partial charge in [0.25, 0.3) is 0 Å². The predicted molar refractivity (Wildman–Crippen MR) is 109 cm³/mol. The topological polar surface area (TPSA) is 81.9 Å². The summed E-state index contributed by atoms with van der Waals surface area (Å²) in [4.78, 5) is 12.4. The minimum atomic E-state index is -0.0694. The van der Waals surface area contributed by atoms with Gasteiger partial charge in [-0.2, -0.15) is 4.68 Å². The second-order valence-electron chi connectivity index (χ2n) is 6.49. The first-order valence-corrected chi connectivity index (χ1v) is 9.88. The van der Waals surface area contributed by atoms with Gasteiger partial charge in [-0.25, -0.2) is 0 Å². The van der Waals surface area contributed by atoms with E-state index in [0.29, 0.717) is 5.16 Å². The van der Waals surface area contributed by atoms with Gasteiger partial charge in [0.05, 0.1) is 24.6 Å². The first kappa shape index (κ1) is 19.9. The van der Waals surface area contributed by atoms with Gasteiger partial charge in [-0.3, -0.25) is 4.79 Å². The molecule has 3 rings (SSSR count). The summed E-state index contributed by atoms with van der Waals surface area (Å²) in [6, 6.07) is 13.6. The molecule has 0 fully saturated rings. The Balaban J connectivity index is 1.60. The summed E-state index contributed by atoms with van der Waals surface area (Å²) in [6.45, 7) is 6.13. The highest BCUT2D eigenvalue weighted by Crippen LogP contribution is 2.21. The zero-order valence-corrected chi connectivity index (χ0v) is 17.2. The number of carbonyl (C=O) groups is 1. The molecule has 0 bridgehead atoms. The van der Waals surface area contributed by atoms with E-state index < -0.39 is 0 Å². The van der Waals surface area contributed by atoms with Crippen LogP contribution in [0.25, 0.3) is 5.69 Å². The molecule has 3 aromatic rings. The van der Waals surface area contributed by atoms with E-state index in [2.05, 4.69) is 46.8 Å². The Labute approximate surface area is 168 Å². The molecule has 0 spiro atoms. The van der Waals surface area contributed by atoms with E-state index >= 15 is 0 Å². The van der Waals surface area contributed by atoms with Crippen molar-refractivity contribution in [1.29, 1.82) is 0 Å². The second kappa shape index (κ2) is 8.88. The van der Waals surface area contributed by atoms with Gasteiger partial charge >= 0.3 is 0 Å². The summed E-state index contributed by atoms with van der Waals surface area (Å²) in [5.74, 6) is 0.914. The number of carbonyl (C=O) groups excluding carboxylic acids is 1. The summed E-state index contributed by atoms with van der Waals surface area (Å²) in [7, 11) is 1.62. The van der Waals surface area contributed by atoms with E-state index in [9.17, 15) is 4.79 Å². The lowest BCUT2D eigenvalue weighted by Crippen LogP contribution is -2.28. The quantitative estimate of drug-likeness (QED) is 0.616. The zero-order valence-electron chi connectivity index (χ0n) is 16.3. The van der Waals surface area contributed by atoms with Gasteiger partial charge in [0.1, 0.15) is 5.75 Å². The number of nitrogens with zero attached hydrogens (tertiary/aromatic N) is 4. The van der Waals surface area contributed by atoms with E-state index in [1.807, 2.05) is 37.3 Å². The molecule has 1 N–H and O–H groups in total. The molecule has 1 aromatic heterocycles. The van der Waals surface area contributed by atoms with Gasteiger partial charge in [-0.05, 0) is 72.2 Å². The molecule has 1 heterocycles. The second-order valence-corrected chi connectivity index (χ2v) is 7.44. The Morgan fingerprint density at radius 2 is 1.93 bits per heavy atom. The number of aromatic nitrogens is 4. The summed E-state index contributed by atoms with van der Waals surface area (Å²) >= 11 is 1.29. The highest BCUT2D eigenvalue weighted by atomic mass is 32.2. The number of tetrazole rings is 1. The molecule has 1 atom stereocenters. The third-order valence-corrected chi connectivity index (χ3v) is 5.42. The average molecular weight is 398 g/mol. The van der Waals surface area contributed by atoms with Crippen molar-refractivity contribution in [3.8, 4) is 11.4 Å².